The summed E-state index contributed by atoms with van der Waals surface area (Å²) in [5.74, 6) is 0.560. The van der Waals surface area contributed by atoms with E-state index < -0.39 is 0 Å². The summed E-state index contributed by atoms with van der Waals surface area (Å²) in [6.07, 6.45) is 0. The second-order valence-corrected chi connectivity index (χ2v) is 3.29. The van der Waals surface area contributed by atoms with Crippen LogP contribution in [0.3, 0.4) is 0 Å². The number of nitrogen functional groups attached to an aromatic ring is 1. The zero-order valence-corrected chi connectivity index (χ0v) is 8.42. The number of hydrogen-bond acceptors (Lipinski definition) is 4. The number of anilines is 1. The summed E-state index contributed by atoms with van der Waals surface area (Å²) in [6, 6.07) is 11.0. The number of benzene rings is 2. The van der Waals surface area contributed by atoms with Crippen molar-refractivity contribution in [3.63, 3.8) is 0 Å². The second-order valence-electron chi connectivity index (χ2n) is 3.29. The van der Waals surface area contributed by atoms with Crippen molar-refractivity contribution < 1.29 is 14.9 Å². The average Bonchev–Trinajstić information content (AvgIpc) is 2.27. The topological polar surface area (TPSA) is 75.7 Å². The van der Waals surface area contributed by atoms with E-state index in [9.17, 15) is 10.2 Å². The minimum Gasteiger partial charge on any atom is -0.508 e. The van der Waals surface area contributed by atoms with Crippen molar-refractivity contribution in [2.45, 2.75) is 0 Å². The molecule has 0 amide bonds. The van der Waals surface area contributed by atoms with E-state index in [1.54, 1.807) is 24.3 Å². The summed E-state index contributed by atoms with van der Waals surface area (Å²) in [5, 5.41) is 18.8. The highest BCUT2D eigenvalue weighted by atomic mass is 16.5. The number of ether oxygens (including phenoxy) is 1. The summed E-state index contributed by atoms with van der Waals surface area (Å²) >= 11 is 0. The second kappa shape index (κ2) is 4.02. The Morgan fingerprint density at radius 2 is 1.69 bits per heavy atom. The van der Waals surface area contributed by atoms with Crippen molar-refractivity contribution in [1.29, 1.82) is 0 Å². The van der Waals surface area contributed by atoms with E-state index in [0.29, 0.717) is 11.4 Å². The van der Waals surface area contributed by atoms with Crippen LogP contribution in [-0.4, -0.2) is 10.2 Å². The number of para-hydroxylation sites is 2. The van der Waals surface area contributed by atoms with Gasteiger partial charge in [0.2, 0.25) is 0 Å². The highest BCUT2D eigenvalue weighted by Crippen LogP contribution is 2.35. The molecule has 0 heterocycles. The smallest absolute Gasteiger partial charge is 0.172 e. The molecule has 2 rings (SSSR count). The molecule has 0 fully saturated rings. The first kappa shape index (κ1) is 10.2. The molecule has 0 saturated heterocycles. The van der Waals surface area contributed by atoms with Gasteiger partial charge in [-0.15, -0.1) is 0 Å². The maximum Gasteiger partial charge on any atom is 0.172 e. The van der Waals surface area contributed by atoms with Crippen molar-refractivity contribution in [3.05, 3.63) is 42.5 Å². The minimum atomic E-state index is -0.0546. The van der Waals surface area contributed by atoms with Crippen LogP contribution < -0.4 is 10.5 Å². The maximum atomic E-state index is 9.51. The third-order valence-corrected chi connectivity index (χ3v) is 2.08. The van der Waals surface area contributed by atoms with E-state index >= 15 is 0 Å². The van der Waals surface area contributed by atoms with Gasteiger partial charge in [0, 0.05) is 6.07 Å². The van der Waals surface area contributed by atoms with E-state index in [0.717, 1.165) is 0 Å². The molecule has 82 valence electrons. The first-order chi connectivity index (χ1) is 7.66. The summed E-state index contributed by atoms with van der Waals surface area (Å²) in [7, 11) is 0. The fourth-order valence-corrected chi connectivity index (χ4v) is 1.28. The van der Waals surface area contributed by atoms with E-state index in [-0.39, 0.29) is 17.2 Å². The lowest BCUT2D eigenvalue weighted by atomic mass is 10.3. The highest BCUT2D eigenvalue weighted by molar-refractivity contribution is 5.55. The number of phenolic OH excluding ortho intramolecular Hbond substituents is 2. The summed E-state index contributed by atoms with van der Waals surface area (Å²) < 4.78 is 5.39. The molecule has 0 saturated carbocycles. The molecule has 4 N–H and O–H groups in total. The van der Waals surface area contributed by atoms with Gasteiger partial charge in [-0.1, -0.05) is 12.1 Å². The van der Waals surface area contributed by atoms with Crippen molar-refractivity contribution >= 4 is 5.69 Å². The van der Waals surface area contributed by atoms with Gasteiger partial charge >= 0.3 is 0 Å². The molecule has 0 aliphatic rings. The van der Waals surface area contributed by atoms with Gasteiger partial charge in [-0.2, -0.15) is 0 Å². The fourth-order valence-electron chi connectivity index (χ4n) is 1.28. The largest absolute Gasteiger partial charge is 0.508 e. The van der Waals surface area contributed by atoms with Crippen LogP contribution in [0.4, 0.5) is 5.69 Å². The molecule has 16 heavy (non-hydrogen) atoms. The molecule has 2 aromatic carbocycles. The van der Waals surface area contributed by atoms with Crippen LogP contribution in [0.2, 0.25) is 0 Å². The van der Waals surface area contributed by atoms with Crippen LogP contribution in [0.15, 0.2) is 42.5 Å². The van der Waals surface area contributed by atoms with E-state index in [1.165, 1.54) is 18.2 Å². The molecule has 0 spiro atoms. The minimum absolute atomic E-state index is 0.0160. The highest BCUT2D eigenvalue weighted by Gasteiger charge is 2.06. The van der Waals surface area contributed by atoms with Crippen molar-refractivity contribution in [2.24, 2.45) is 0 Å². The van der Waals surface area contributed by atoms with E-state index in [4.69, 9.17) is 10.5 Å². The van der Waals surface area contributed by atoms with Crippen LogP contribution in [-0.2, 0) is 0 Å². The Morgan fingerprint density at radius 3 is 2.44 bits per heavy atom. The Balaban J connectivity index is 2.34. The zero-order valence-electron chi connectivity index (χ0n) is 8.42. The number of hydrogen-bond donors (Lipinski definition) is 3. The molecule has 2 aromatic rings. The van der Waals surface area contributed by atoms with Gasteiger partial charge in [-0.25, -0.2) is 0 Å². The molecular formula is C12H11NO3. The molecule has 4 heteroatoms. The SMILES string of the molecule is Nc1ccccc1Oc1cc(O)ccc1O. The monoisotopic (exact) mass is 217 g/mol. The first-order valence-corrected chi connectivity index (χ1v) is 4.71. The molecule has 0 aromatic heterocycles. The summed E-state index contributed by atoms with van der Waals surface area (Å²) in [6.45, 7) is 0. The molecule has 0 radical (unpaired) electrons. The summed E-state index contributed by atoms with van der Waals surface area (Å²) in [4.78, 5) is 0. The zero-order chi connectivity index (χ0) is 11.5. The van der Waals surface area contributed by atoms with Gasteiger partial charge < -0.3 is 20.7 Å². The van der Waals surface area contributed by atoms with Crippen molar-refractivity contribution in [1.82, 2.24) is 0 Å². The molecular weight excluding hydrogens is 206 g/mol. The van der Waals surface area contributed by atoms with Crippen LogP contribution in [0.5, 0.6) is 23.0 Å². The van der Waals surface area contributed by atoms with Gasteiger partial charge in [0.05, 0.1) is 5.69 Å². The molecule has 4 nitrogen and oxygen atoms in total. The molecule has 0 unspecified atom stereocenters. The number of aromatic hydroxyl groups is 2. The normalized spacial score (nSPS) is 10.0. The van der Waals surface area contributed by atoms with Crippen molar-refractivity contribution in [3.8, 4) is 23.0 Å². The molecule has 0 aliphatic heterocycles. The fraction of sp³-hybridized carbons (Fsp3) is 0. The predicted octanol–water partition coefficient (Wildman–Crippen LogP) is 2.47. The Labute approximate surface area is 92.5 Å². The third kappa shape index (κ3) is 2.00. The Morgan fingerprint density at radius 1 is 0.938 bits per heavy atom. The van der Waals surface area contributed by atoms with Crippen LogP contribution >= 0.6 is 0 Å². The quantitative estimate of drug-likeness (QED) is 0.533. The molecule has 0 bridgehead atoms. The lowest BCUT2D eigenvalue weighted by Crippen LogP contribution is -1.91. The van der Waals surface area contributed by atoms with Gasteiger partial charge in [0.25, 0.3) is 0 Å². The maximum absolute atomic E-state index is 9.51. The Hall–Kier alpha value is -2.36. The lowest BCUT2D eigenvalue weighted by molar-refractivity contribution is 0.404. The van der Waals surface area contributed by atoms with E-state index in [2.05, 4.69) is 0 Å². The molecule has 0 aliphatic carbocycles. The first-order valence-electron chi connectivity index (χ1n) is 4.71. The number of nitrogens with two attached hydrogens (primary N) is 1. The van der Waals surface area contributed by atoms with E-state index in [1.807, 2.05) is 0 Å². The van der Waals surface area contributed by atoms with Gasteiger partial charge in [-0.3, -0.25) is 0 Å². The lowest BCUT2D eigenvalue weighted by Gasteiger charge is -2.09. The van der Waals surface area contributed by atoms with Crippen molar-refractivity contribution in [2.75, 3.05) is 5.73 Å². The van der Waals surface area contributed by atoms with Gasteiger partial charge in [0.15, 0.2) is 17.2 Å². The average molecular weight is 217 g/mol. The number of phenols is 2. The predicted molar refractivity (Wildman–Crippen MR) is 60.7 cm³/mol. The third-order valence-electron chi connectivity index (χ3n) is 2.08. The van der Waals surface area contributed by atoms with Crippen LogP contribution in [0.1, 0.15) is 0 Å². The number of rotatable bonds is 2. The van der Waals surface area contributed by atoms with Gasteiger partial charge in [0.1, 0.15) is 5.75 Å². The van der Waals surface area contributed by atoms with Crippen LogP contribution in [0, 0.1) is 0 Å². The Bertz CT molecular complexity index is 511. The van der Waals surface area contributed by atoms with Crippen LogP contribution in [0.25, 0.3) is 0 Å². The molecule has 0 atom stereocenters. The standard InChI is InChI=1S/C12H11NO3/c13-9-3-1-2-4-11(9)16-12-7-8(14)5-6-10(12)15/h1-7,14-15H,13H2. The van der Waals surface area contributed by atoms with Gasteiger partial charge in [-0.05, 0) is 24.3 Å². The summed E-state index contributed by atoms with van der Waals surface area (Å²) in [5.41, 5.74) is 6.15. The Kier molecular flexibility index (Phi) is 2.55.